The summed E-state index contributed by atoms with van der Waals surface area (Å²) in [5.74, 6) is 0.153. The molecule has 0 spiro atoms. The average molecular weight is 346 g/mol. The molecule has 0 unspecified atom stereocenters. The van der Waals surface area contributed by atoms with Gasteiger partial charge in [0.1, 0.15) is 0 Å². The predicted molar refractivity (Wildman–Crippen MR) is 106 cm³/mol. The summed E-state index contributed by atoms with van der Waals surface area (Å²) >= 11 is 0. The summed E-state index contributed by atoms with van der Waals surface area (Å²) in [4.78, 5) is 12.6. The number of aryl methyl sites for hydroxylation is 3. The summed E-state index contributed by atoms with van der Waals surface area (Å²) < 4.78 is 2.26. The molecule has 26 heavy (non-hydrogen) atoms. The van der Waals surface area contributed by atoms with Crippen LogP contribution in [0.15, 0.2) is 54.7 Å². The molecule has 1 atom stereocenters. The van der Waals surface area contributed by atoms with E-state index in [1.165, 1.54) is 27.6 Å². The molecule has 1 heterocycles. The van der Waals surface area contributed by atoms with E-state index in [-0.39, 0.29) is 11.9 Å². The highest BCUT2D eigenvalue weighted by Crippen LogP contribution is 2.29. The van der Waals surface area contributed by atoms with E-state index in [1.807, 2.05) is 0 Å². The molecule has 0 aliphatic heterocycles. The highest BCUT2D eigenvalue weighted by Gasteiger charge is 2.21. The van der Waals surface area contributed by atoms with Crippen LogP contribution in [0.4, 0.5) is 0 Å². The summed E-state index contributed by atoms with van der Waals surface area (Å²) in [7, 11) is 0. The van der Waals surface area contributed by atoms with Gasteiger partial charge in [-0.2, -0.15) is 0 Å². The molecule has 1 aromatic heterocycles. The van der Waals surface area contributed by atoms with E-state index in [0.717, 1.165) is 32.2 Å². The van der Waals surface area contributed by atoms with Crippen LogP contribution < -0.4 is 5.32 Å². The molecular formula is C23H26N2O. The van der Waals surface area contributed by atoms with E-state index in [0.29, 0.717) is 6.42 Å². The minimum absolute atomic E-state index is 0.153. The molecule has 0 saturated heterocycles. The van der Waals surface area contributed by atoms with Crippen molar-refractivity contribution < 1.29 is 4.79 Å². The Morgan fingerprint density at radius 2 is 1.96 bits per heavy atom. The number of carbonyl (C=O) groups excluding carboxylic acids is 1. The van der Waals surface area contributed by atoms with Gasteiger partial charge in [0.2, 0.25) is 5.91 Å². The molecule has 3 aromatic rings. The second kappa shape index (κ2) is 7.36. The van der Waals surface area contributed by atoms with Gasteiger partial charge in [-0.05, 0) is 55.4 Å². The molecule has 1 N–H and O–H groups in total. The van der Waals surface area contributed by atoms with Gasteiger partial charge in [-0.15, -0.1) is 0 Å². The van der Waals surface area contributed by atoms with E-state index in [4.69, 9.17) is 0 Å². The maximum absolute atomic E-state index is 12.6. The zero-order chi connectivity index (χ0) is 17.9. The van der Waals surface area contributed by atoms with Crippen LogP contribution in [0.25, 0.3) is 10.9 Å². The van der Waals surface area contributed by atoms with Crippen LogP contribution in [0.1, 0.15) is 48.9 Å². The molecule has 0 fully saturated rings. The lowest BCUT2D eigenvalue weighted by Crippen LogP contribution is -2.31. The van der Waals surface area contributed by atoms with Gasteiger partial charge in [-0.1, -0.05) is 42.5 Å². The minimum atomic E-state index is 0.153. The Morgan fingerprint density at radius 1 is 1.15 bits per heavy atom. The fraction of sp³-hybridized carbons (Fsp3) is 0.348. The van der Waals surface area contributed by atoms with Gasteiger partial charge in [0, 0.05) is 30.1 Å². The van der Waals surface area contributed by atoms with Crippen molar-refractivity contribution in [2.24, 2.45) is 0 Å². The third-order valence-corrected chi connectivity index (χ3v) is 5.54. The molecule has 0 bridgehead atoms. The standard InChI is InChI=1S/C23H26N2O/c1-2-25-16-18(20-11-5-6-13-22(20)25)14-15-23(26)24-21-12-7-9-17-8-3-4-10-19(17)21/h3-6,8,10-11,13,16,21H,2,7,9,12,14-15H2,1H3,(H,24,26)/t21-/m0/s1. The van der Waals surface area contributed by atoms with Crippen LogP contribution >= 0.6 is 0 Å². The lowest BCUT2D eigenvalue weighted by atomic mass is 9.87. The maximum atomic E-state index is 12.6. The Labute approximate surface area is 155 Å². The molecule has 1 amide bonds. The van der Waals surface area contributed by atoms with Crippen molar-refractivity contribution in [2.75, 3.05) is 0 Å². The minimum Gasteiger partial charge on any atom is -0.349 e. The summed E-state index contributed by atoms with van der Waals surface area (Å²) in [6, 6.07) is 17.1. The first-order chi connectivity index (χ1) is 12.8. The lowest BCUT2D eigenvalue weighted by molar-refractivity contribution is -0.121. The zero-order valence-corrected chi connectivity index (χ0v) is 15.4. The van der Waals surface area contributed by atoms with Crippen molar-refractivity contribution in [3.63, 3.8) is 0 Å². The van der Waals surface area contributed by atoms with Crippen LogP contribution in [0, 0.1) is 0 Å². The first kappa shape index (κ1) is 16.9. The molecule has 2 aromatic carbocycles. The van der Waals surface area contributed by atoms with Crippen LogP contribution in [0.5, 0.6) is 0 Å². The largest absolute Gasteiger partial charge is 0.349 e. The molecular weight excluding hydrogens is 320 g/mol. The topological polar surface area (TPSA) is 34.0 Å². The number of rotatable bonds is 5. The fourth-order valence-electron chi connectivity index (χ4n) is 4.20. The van der Waals surface area contributed by atoms with Crippen molar-refractivity contribution in [3.8, 4) is 0 Å². The highest BCUT2D eigenvalue weighted by atomic mass is 16.1. The van der Waals surface area contributed by atoms with Crippen LogP contribution in [0.3, 0.4) is 0 Å². The molecule has 0 radical (unpaired) electrons. The maximum Gasteiger partial charge on any atom is 0.220 e. The summed E-state index contributed by atoms with van der Waals surface area (Å²) in [5, 5.41) is 4.54. The summed E-state index contributed by atoms with van der Waals surface area (Å²) in [5.41, 5.74) is 5.21. The number of amides is 1. The monoisotopic (exact) mass is 346 g/mol. The summed E-state index contributed by atoms with van der Waals surface area (Å²) in [6.07, 6.45) is 6.83. The third-order valence-electron chi connectivity index (χ3n) is 5.54. The van der Waals surface area contributed by atoms with Crippen molar-refractivity contribution in [3.05, 3.63) is 71.4 Å². The van der Waals surface area contributed by atoms with Crippen LogP contribution in [-0.2, 0) is 24.2 Å². The normalized spacial score (nSPS) is 16.4. The number of hydrogen-bond acceptors (Lipinski definition) is 1. The van der Waals surface area contributed by atoms with Gasteiger partial charge >= 0.3 is 0 Å². The lowest BCUT2D eigenvalue weighted by Gasteiger charge is -2.26. The van der Waals surface area contributed by atoms with Gasteiger partial charge in [-0.3, -0.25) is 4.79 Å². The smallest absolute Gasteiger partial charge is 0.220 e. The second-order valence-electron chi connectivity index (χ2n) is 7.17. The van der Waals surface area contributed by atoms with Crippen molar-refractivity contribution in [1.82, 2.24) is 9.88 Å². The highest BCUT2D eigenvalue weighted by molar-refractivity contribution is 5.85. The van der Waals surface area contributed by atoms with Gasteiger partial charge in [0.05, 0.1) is 6.04 Å². The molecule has 3 nitrogen and oxygen atoms in total. The molecule has 1 aliphatic rings. The van der Waals surface area contributed by atoms with Crippen LogP contribution in [-0.4, -0.2) is 10.5 Å². The number of carbonyl (C=O) groups is 1. The fourth-order valence-corrected chi connectivity index (χ4v) is 4.20. The number of aromatic nitrogens is 1. The van der Waals surface area contributed by atoms with Gasteiger partial charge in [0.15, 0.2) is 0 Å². The Morgan fingerprint density at radius 3 is 2.85 bits per heavy atom. The first-order valence-corrected chi connectivity index (χ1v) is 9.70. The van der Waals surface area contributed by atoms with E-state index < -0.39 is 0 Å². The zero-order valence-electron chi connectivity index (χ0n) is 15.4. The molecule has 3 heteroatoms. The Balaban J connectivity index is 1.44. The van der Waals surface area contributed by atoms with Crippen molar-refractivity contribution in [1.29, 1.82) is 0 Å². The average Bonchev–Trinajstić information content (AvgIpc) is 3.05. The quantitative estimate of drug-likeness (QED) is 0.708. The van der Waals surface area contributed by atoms with Gasteiger partial charge in [0.25, 0.3) is 0 Å². The van der Waals surface area contributed by atoms with Gasteiger partial charge in [-0.25, -0.2) is 0 Å². The molecule has 1 aliphatic carbocycles. The Kier molecular flexibility index (Phi) is 4.79. The molecule has 0 saturated carbocycles. The number of benzene rings is 2. The summed E-state index contributed by atoms with van der Waals surface area (Å²) in [6.45, 7) is 3.11. The third kappa shape index (κ3) is 3.26. The van der Waals surface area contributed by atoms with Gasteiger partial charge < -0.3 is 9.88 Å². The van der Waals surface area contributed by atoms with Crippen molar-refractivity contribution in [2.45, 2.75) is 51.6 Å². The van der Waals surface area contributed by atoms with E-state index in [1.54, 1.807) is 0 Å². The Bertz CT molecular complexity index is 925. The number of fused-ring (bicyclic) bond motifs is 2. The Hall–Kier alpha value is -2.55. The first-order valence-electron chi connectivity index (χ1n) is 9.70. The van der Waals surface area contributed by atoms with E-state index >= 15 is 0 Å². The van der Waals surface area contributed by atoms with E-state index in [2.05, 4.69) is 71.5 Å². The molecule has 4 rings (SSSR count). The second-order valence-corrected chi connectivity index (χ2v) is 7.17. The predicted octanol–water partition coefficient (Wildman–Crippen LogP) is 4.79. The number of hydrogen-bond donors (Lipinski definition) is 1. The SMILES string of the molecule is CCn1cc(CCC(=O)N[C@H]2CCCc3ccccc32)c2ccccc21. The number of nitrogens with one attached hydrogen (secondary N) is 1. The molecule has 134 valence electrons. The number of para-hydroxylation sites is 1. The number of nitrogens with zero attached hydrogens (tertiary/aromatic N) is 1. The van der Waals surface area contributed by atoms with Crippen LogP contribution in [0.2, 0.25) is 0 Å². The van der Waals surface area contributed by atoms with E-state index in [9.17, 15) is 4.79 Å². The van der Waals surface area contributed by atoms with Crippen molar-refractivity contribution >= 4 is 16.8 Å².